The van der Waals surface area contributed by atoms with Crippen LogP contribution in [0.15, 0.2) is 0 Å². The summed E-state index contributed by atoms with van der Waals surface area (Å²) in [5.41, 5.74) is 0. The van der Waals surface area contributed by atoms with Crippen LogP contribution >= 0.6 is 0 Å². The molecule has 396 valence electrons. The van der Waals surface area contributed by atoms with E-state index >= 15 is 0 Å². The first kappa shape index (κ1) is 88.3. The molecule has 66 heavy (non-hydrogen) atoms. The van der Waals surface area contributed by atoms with E-state index in [0.717, 1.165) is 0 Å². The molecule has 0 aliphatic carbocycles. The van der Waals surface area contributed by atoms with E-state index in [9.17, 15) is 65.9 Å². The minimum Gasteiger partial charge on any atom is -1.00 e. The van der Waals surface area contributed by atoms with Crippen LogP contribution in [-0.4, -0.2) is 141 Å². The van der Waals surface area contributed by atoms with E-state index in [0.29, 0.717) is 0 Å². The molecule has 0 atom stereocenters. The standard InChI is InChI=1S/2C16H34N2.C3H6O.2C2H2F4O3S.2CH4.2ClH.2K/c2*1-3-4-5-6-7-8-9-10-11-12-13-18-15-14-17(2)16-18;1-3(2)4;2*3-1(4)2(5,6)10(7,8)9;;;;;;/h2*3-16H2,1-2H3;1-2H3;2*1H,(H,7,8,9);2*1H4;2*1H;;/q;;;;;;;;;2*+1/p-4. The average molecular weight is 1110 g/mol. The van der Waals surface area contributed by atoms with Crippen LogP contribution < -0.4 is 128 Å². The molecule has 11 nitrogen and oxygen atoms in total. The molecule has 0 aromatic heterocycles. The zero-order valence-corrected chi connectivity index (χ0v) is 49.1. The van der Waals surface area contributed by atoms with Crippen LogP contribution in [0, 0.1) is 0 Å². The average Bonchev–Trinajstić information content (AvgIpc) is 3.76. The van der Waals surface area contributed by atoms with E-state index in [1.807, 2.05) is 0 Å². The fourth-order valence-corrected chi connectivity index (χ4v) is 6.26. The Hall–Kier alpha value is 2.62. The largest absolute Gasteiger partial charge is 1.00 e. The minimum atomic E-state index is -6.23. The summed E-state index contributed by atoms with van der Waals surface area (Å²) in [5, 5.41) is -11.0. The second kappa shape index (κ2) is 52.5. The van der Waals surface area contributed by atoms with E-state index in [-0.39, 0.29) is 148 Å². The number of halogens is 10. The van der Waals surface area contributed by atoms with Gasteiger partial charge in [-0.3, -0.25) is 19.6 Å². The molecule has 0 unspecified atom stereocenters. The fraction of sp³-hybridized carbons (Fsp3) is 0.976. The number of Topliss-reactive ketones (excluding diaryl/α,β-unsaturated/α-hetero) is 1. The normalized spacial score (nSPS) is 14.3. The first-order valence-electron chi connectivity index (χ1n) is 21.3. The van der Waals surface area contributed by atoms with Crippen molar-refractivity contribution in [3.63, 3.8) is 0 Å². The summed E-state index contributed by atoms with van der Waals surface area (Å²) >= 11 is 0. The molecule has 0 saturated carbocycles. The van der Waals surface area contributed by atoms with Crippen LogP contribution in [0.4, 0.5) is 35.1 Å². The first-order chi connectivity index (χ1) is 27.8. The SMILES string of the molecule is C.C.CC(C)=O.CCCCCCCCCCCCN1CCN(C)C1.CCCCCCCCCCCCN1CCN(C)C1.O=S(=O)([O-])C(F)(F)C(F)F.O=S(=O)([O-])C(F)(F)C(F)F.[Cl-].[Cl-].[K+].[K+]. The predicted molar refractivity (Wildman–Crippen MR) is 233 cm³/mol. The van der Waals surface area contributed by atoms with Gasteiger partial charge in [0.2, 0.25) is 0 Å². The molecule has 2 aliphatic heterocycles. The number of nitrogens with zero attached hydrogens (tertiary/aromatic N) is 4. The summed E-state index contributed by atoms with van der Waals surface area (Å²) in [7, 11) is -8.03. The van der Waals surface area contributed by atoms with Crippen molar-refractivity contribution in [1.82, 2.24) is 19.6 Å². The van der Waals surface area contributed by atoms with Gasteiger partial charge in [0.1, 0.15) is 5.78 Å². The Morgan fingerprint density at radius 1 is 0.500 bits per heavy atom. The van der Waals surface area contributed by atoms with Gasteiger partial charge in [-0.05, 0) is 53.9 Å². The van der Waals surface area contributed by atoms with Gasteiger partial charge in [0.15, 0.2) is 20.2 Å². The zero-order chi connectivity index (χ0) is 46.8. The van der Waals surface area contributed by atoms with E-state index < -0.39 is 43.6 Å². The second-order valence-corrected chi connectivity index (χ2v) is 18.5. The molecule has 2 fully saturated rings. The van der Waals surface area contributed by atoms with Crippen molar-refractivity contribution in [2.45, 2.75) is 194 Å². The predicted octanol–water partition coefficient (Wildman–Crippen LogP) is -1.11. The van der Waals surface area contributed by atoms with Crippen molar-refractivity contribution in [2.75, 3.05) is 66.7 Å². The molecule has 0 aromatic carbocycles. The van der Waals surface area contributed by atoms with Crippen LogP contribution in [0.3, 0.4) is 0 Å². The van der Waals surface area contributed by atoms with Gasteiger partial charge in [0.25, 0.3) is 0 Å². The zero-order valence-electron chi connectivity index (χ0n) is 39.7. The van der Waals surface area contributed by atoms with Gasteiger partial charge in [0, 0.05) is 26.2 Å². The molecular formula is C41H84Cl2F8K2N4O7S2-2. The quantitative estimate of drug-likeness (QED) is 0.0451. The van der Waals surface area contributed by atoms with Crippen molar-refractivity contribution in [1.29, 1.82) is 0 Å². The first-order valence-corrected chi connectivity index (χ1v) is 24.1. The Bertz CT molecular complexity index is 1190. The Morgan fingerprint density at radius 2 is 0.697 bits per heavy atom. The summed E-state index contributed by atoms with van der Waals surface area (Å²) in [6.45, 7) is 17.8. The maximum absolute atomic E-state index is 11.4. The number of hydrogen-bond donors (Lipinski definition) is 0. The minimum absolute atomic E-state index is 0. The van der Waals surface area contributed by atoms with E-state index in [4.69, 9.17) is 0 Å². The summed E-state index contributed by atoms with van der Waals surface area (Å²) in [6, 6.07) is 0. The molecule has 0 spiro atoms. The number of ketones is 1. The molecular weight excluding hydrogens is 1030 g/mol. The van der Waals surface area contributed by atoms with Crippen LogP contribution in [0.1, 0.15) is 171 Å². The maximum atomic E-state index is 11.4. The monoisotopic (exact) mass is 1110 g/mol. The molecule has 0 bridgehead atoms. The maximum Gasteiger partial charge on any atom is 1.00 e. The molecule has 25 heteroatoms. The Labute approximate surface area is 493 Å². The number of carbonyl (C=O) groups excluding carboxylic acids is 1. The van der Waals surface area contributed by atoms with E-state index in [1.165, 1.54) is 195 Å². The van der Waals surface area contributed by atoms with E-state index in [1.54, 1.807) is 0 Å². The topological polar surface area (TPSA) is 144 Å². The molecule has 0 aromatic rings. The Morgan fingerprint density at radius 3 is 0.833 bits per heavy atom. The number of unbranched alkanes of at least 4 members (excludes halogenated alkanes) is 18. The van der Waals surface area contributed by atoms with Crippen LogP contribution in [0.5, 0.6) is 0 Å². The van der Waals surface area contributed by atoms with Crippen molar-refractivity contribution >= 4 is 26.0 Å². The molecule has 0 amide bonds. The van der Waals surface area contributed by atoms with Crippen molar-refractivity contribution in [2.24, 2.45) is 0 Å². The molecule has 0 radical (unpaired) electrons. The third-order valence-electron chi connectivity index (χ3n) is 9.31. The Balaban J connectivity index is -0.0000000912. The summed E-state index contributed by atoms with van der Waals surface area (Å²) in [5.74, 6) is 0.167. The fourth-order valence-electron chi connectivity index (χ4n) is 5.82. The summed E-state index contributed by atoms with van der Waals surface area (Å²) in [4.78, 5) is 19.4. The molecule has 2 aliphatic rings. The third-order valence-corrected chi connectivity index (χ3v) is 11.0. The molecule has 2 heterocycles. The van der Waals surface area contributed by atoms with Gasteiger partial charge in [-0.2, -0.15) is 17.6 Å². The molecule has 0 N–H and O–H groups in total. The van der Waals surface area contributed by atoms with Crippen molar-refractivity contribution in [3.05, 3.63) is 0 Å². The smallest absolute Gasteiger partial charge is 1.00 e. The van der Waals surface area contributed by atoms with Gasteiger partial charge >= 0.3 is 126 Å². The van der Waals surface area contributed by atoms with Gasteiger partial charge in [-0.15, -0.1) is 0 Å². The van der Waals surface area contributed by atoms with Crippen molar-refractivity contribution in [3.8, 4) is 0 Å². The second-order valence-electron chi connectivity index (χ2n) is 15.6. The van der Waals surface area contributed by atoms with E-state index in [2.05, 4.69) is 47.5 Å². The van der Waals surface area contributed by atoms with Crippen LogP contribution in [0.2, 0.25) is 0 Å². The summed E-state index contributed by atoms with van der Waals surface area (Å²) < 4.78 is 145. The number of likely N-dealkylation sites (N-methyl/N-ethyl adjacent to an activating group) is 2. The number of alkyl halides is 8. The van der Waals surface area contributed by atoms with Crippen LogP contribution in [0.25, 0.3) is 0 Å². The van der Waals surface area contributed by atoms with Crippen LogP contribution in [-0.2, 0) is 25.0 Å². The van der Waals surface area contributed by atoms with Gasteiger partial charge < -0.3 is 38.7 Å². The Kier molecular flexibility index (Phi) is 70.2. The van der Waals surface area contributed by atoms with Gasteiger partial charge in [-0.25, -0.2) is 34.4 Å². The summed E-state index contributed by atoms with van der Waals surface area (Å²) in [6.07, 6.45) is 19.9. The van der Waals surface area contributed by atoms with Gasteiger partial charge in [-0.1, -0.05) is 144 Å². The van der Waals surface area contributed by atoms with Gasteiger partial charge in [0.05, 0.1) is 13.3 Å². The number of rotatable bonds is 26. The molecule has 2 rings (SSSR count). The number of carbonyl (C=O) groups is 1. The van der Waals surface area contributed by atoms with Crippen molar-refractivity contribution < 1.29 is 193 Å². The molecule has 2 saturated heterocycles. The third kappa shape index (κ3) is 51.5. The number of hydrogen-bond acceptors (Lipinski definition) is 11.